The average Bonchev–Trinajstić information content (AvgIpc) is 3.36. The highest BCUT2D eigenvalue weighted by Gasteiger charge is 2.21. The van der Waals surface area contributed by atoms with Gasteiger partial charge in [0.05, 0.1) is 25.3 Å². The van der Waals surface area contributed by atoms with Gasteiger partial charge in [-0.3, -0.25) is 4.79 Å². The number of nitrogens with zero attached hydrogens (tertiary/aromatic N) is 1. The van der Waals surface area contributed by atoms with Gasteiger partial charge in [-0.05, 0) is 49.2 Å². The normalized spacial score (nSPS) is 16.4. The highest BCUT2D eigenvalue weighted by atomic mass is 16.5. The number of hydrogen-bond donors (Lipinski definition) is 2. The molecule has 0 bridgehead atoms. The van der Waals surface area contributed by atoms with Crippen LogP contribution < -0.4 is 14.8 Å². The first-order valence-electron chi connectivity index (χ1n) is 8.82. The molecule has 0 spiro atoms. The largest absolute Gasteiger partial charge is 0.493 e. The highest BCUT2D eigenvalue weighted by Crippen LogP contribution is 2.30. The summed E-state index contributed by atoms with van der Waals surface area (Å²) in [4.78, 5) is 20.5. The van der Waals surface area contributed by atoms with Crippen LogP contribution in [0.5, 0.6) is 11.5 Å². The summed E-state index contributed by atoms with van der Waals surface area (Å²) in [7, 11) is 3.10. The van der Waals surface area contributed by atoms with Gasteiger partial charge < -0.3 is 24.5 Å². The Balaban J connectivity index is 1.54. The molecule has 2 aromatic carbocycles. The molecule has 1 atom stereocenters. The molecule has 0 unspecified atom stereocenters. The minimum atomic E-state index is -0.228. The third-order valence-electron chi connectivity index (χ3n) is 4.64. The zero-order chi connectivity index (χ0) is 18.8. The van der Waals surface area contributed by atoms with E-state index in [2.05, 4.69) is 15.3 Å². The molecule has 1 fully saturated rings. The second-order valence-electron chi connectivity index (χ2n) is 6.38. The van der Waals surface area contributed by atoms with E-state index in [4.69, 9.17) is 14.2 Å². The van der Waals surface area contributed by atoms with Crippen LogP contribution >= 0.6 is 0 Å². The number of benzene rings is 2. The molecule has 0 aliphatic carbocycles. The lowest BCUT2D eigenvalue weighted by Gasteiger charge is -2.10. The number of hydrogen-bond acceptors (Lipinski definition) is 5. The van der Waals surface area contributed by atoms with Crippen molar-refractivity contribution >= 4 is 22.6 Å². The Morgan fingerprint density at radius 2 is 2.04 bits per heavy atom. The molecule has 4 rings (SSSR count). The number of amides is 1. The van der Waals surface area contributed by atoms with Gasteiger partial charge in [-0.1, -0.05) is 0 Å². The number of carbonyl (C=O) groups is 1. The summed E-state index contributed by atoms with van der Waals surface area (Å²) in [5.41, 5.74) is 2.89. The molecule has 140 valence electrons. The maximum absolute atomic E-state index is 12.6. The summed E-state index contributed by atoms with van der Waals surface area (Å²) in [6.07, 6.45) is 2.05. The van der Waals surface area contributed by atoms with Crippen LogP contribution in [0.1, 0.15) is 35.1 Å². The molecule has 7 heteroatoms. The van der Waals surface area contributed by atoms with E-state index in [1.807, 2.05) is 18.2 Å². The van der Waals surface area contributed by atoms with E-state index in [0.717, 1.165) is 36.3 Å². The zero-order valence-corrected chi connectivity index (χ0v) is 15.2. The number of imidazole rings is 1. The average molecular weight is 367 g/mol. The molecule has 2 heterocycles. The fourth-order valence-corrected chi connectivity index (χ4v) is 3.23. The van der Waals surface area contributed by atoms with E-state index in [-0.39, 0.29) is 12.0 Å². The predicted molar refractivity (Wildman–Crippen MR) is 102 cm³/mol. The number of aromatic nitrogens is 2. The van der Waals surface area contributed by atoms with Gasteiger partial charge in [0, 0.05) is 17.9 Å². The molecule has 2 N–H and O–H groups in total. The summed E-state index contributed by atoms with van der Waals surface area (Å²) < 4.78 is 16.1. The van der Waals surface area contributed by atoms with Crippen LogP contribution in [0.4, 0.5) is 5.69 Å². The summed E-state index contributed by atoms with van der Waals surface area (Å²) in [6.45, 7) is 0.772. The summed E-state index contributed by atoms with van der Waals surface area (Å²) >= 11 is 0. The number of carbonyl (C=O) groups excluding carboxylic acids is 1. The molecule has 1 aliphatic heterocycles. The number of rotatable bonds is 5. The lowest BCUT2D eigenvalue weighted by molar-refractivity contribution is 0.102. The predicted octanol–water partition coefficient (Wildman–Crippen LogP) is 3.68. The molecule has 1 aromatic heterocycles. The first-order valence-corrected chi connectivity index (χ1v) is 8.82. The highest BCUT2D eigenvalue weighted by molar-refractivity contribution is 6.05. The lowest BCUT2D eigenvalue weighted by atomic mass is 10.1. The maximum atomic E-state index is 12.6. The second-order valence-corrected chi connectivity index (χ2v) is 6.38. The monoisotopic (exact) mass is 367 g/mol. The van der Waals surface area contributed by atoms with Gasteiger partial charge in [-0.25, -0.2) is 4.98 Å². The summed E-state index contributed by atoms with van der Waals surface area (Å²) in [5, 5.41) is 2.90. The van der Waals surface area contributed by atoms with Crippen LogP contribution in [-0.2, 0) is 4.74 Å². The number of fused-ring (bicyclic) bond motifs is 1. The molecule has 1 amide bonds. The summed E-state index contributed by atoms with van der Waals surface area (Å²) in [5.74, 6) is 1.70. The quantitative estimate of drug-likeness (QED) is 0.718. The maximum Gasteiger partial charge on any atom is 0.255 e. The van der Waals surface area contributed by atoms with Gasteiger partial charge in [-0.15, -0.1) is 0 Å². The minimum absolute atomic E-state index is 0.0298. The fraction of sp³-hybridized carbons (Fsp3) is 0.300. The number of aromatic amines is 1. The first-order chi connectivity index (χ1) is 13.2. The van der Waals surface area contributed by atoms with E-state index in [1.165, 1.54) is 7.11 Å². The minimum Gasteiger partial charge on any atom is -0.493 e. The molecule has 0 radical (unpaired) electrons. The Hall–Kier alpha value is -3.06. The standard InChI is InChI=1S/C20H21N3O4/c1-25-16-8-5-12(10-18(16)26-2)20(24)21-13-6-7-14-15(11-13)23-19(22-14)17-4-3-9-27-17/h5-8,10-11,17H,3-4,9H2,1-2H3,(H,21,24)(H,22,23)/t17-/m1/s1. The number of ether oxygens (including phenoxy) is 3. The van der Waals surface area contributed by atoms with E-state index in [0.29, 0.717) is 22.7 Å². The van der Waals surface area contributed by atoms with Gasteiger partial charge in [0.1, 0.15) is 11.9 Å². The first kappa shape index (κ1) is 17.4. The topological polar surface area (TPSA) is 85.5 Å². The molecule has 7 nitrogen and oxygen atoms in total. The van der Waals surface area contributed by atoms with Gasteiger partial charge in [0.25, 0.3) is 5.91 Å². The van der Waals surface area contributed by atoms with Gasteiger partial charge in [0.2, 0.25) is 0 Å². The number of methoxy groups -OCH3 is 2. The Morgan fingerprint density at radius 1 is 1.19 bits per heavy atom. The molecule has 0 saturated carbocycles. The number of H-pyrrole nitrogens is 1. The van der Waals surface area contributed by atoms with Gasteiger partial charge in [-0.2, -0.15) is 0 Å². The third-order valence-corrected chi connectivity index (χ3v) is 4.64. The molecular formula is C20H21N3O4. The smallest absolute Gasteiger partial charge is 0.255 e. The van der Waals surface area contributed by atoms with E-state index < -0.39 is 0 Å². The molecule has 1 aliphatic rings. The van der Waals surface area contributed by atoms with Crippen molar-refractivity contribution in [2.75, 3.05) is 26.1 Å². The van der Waals surface area contributed by atoms with Crippen LogP contribution in [0.2, 0.25) is 0 Å². The van der Waals surface area contributed by atoms with E-state index in [9.17, 15) is 4.79 Å². The third kappa shape index (κ3) is 3.46. The van der Waals surface area contributed by atoms with Crippen molar-refractivity contribution in [3.05, 3.63) is 47.8 Å². The zero-order valence-electron chi connectivity index (χ0n) is 15.2. The van der Waals surface area contributed by atoms with Gasteiger partial charge in [0.15, 0.2) is 11.5 Å². The Kier molecular flexibility index (Phi) is 4.68. The van der Waals surface area contributed by atoms with Crippen molar-refractivity contribution in [3.63, 3.8) is 0 Å². The Morgan fingerprint density at radius 3 is 2.78 bits per heavy atom. The molecular weight excluding hydrogens is 346 g/mol. The van der Waals surface area contributed by atoms with Crippen molar-refractivity contribution in [1.29, 1.82) is 0 Å². The molecule has 1 saturated heterocycles. The molecule has 3 aromatic rings. The number of nitrogens with one attached hydrogen (secondary N) is 2. The van der Waals surface area contributed by atoms with Crippen LogP contribution in [-0.4, -0.2) is 36.7 Å². The second kappa shape index (κ2) is 7.28. The van der Waals surface area contributed by atoms with Gasteiger partial charge >= 0.3 is 0 Å². The molecule has 27 heavy (non-hydrogen) atoms. The number of anilines is 1. The van der Waals surface area contributed by atoms with Crippen molar-refractivity contribution in [2.45, 2.75) is 18.9 Å². The van der Waals surface area contributed by atoms with Crippen molar-refractivity contribution < 1.29 is 19.0 Å². The van der Waals surface area contributed by atoms with Crippen molar-refractivity contribution in [3.8, 4) is 11.5 Å². The van der Waals surface area contributed by atoms with Crippen LogP contribution in [0, 0.1) is 0 Å². The summed E-state index contributed by atoms with van der Waals surface area (Å²) in [6, 6.07) is 10.6. The van der Waals surface area contributed by atoms with E-state index >= 15 is 0 Å². The Bertz CT molecular complexity index is 977. The van der Waals surface area contributed by atoms with Crippen LogP contribution in [0.15, 0.2) is 36.4 Å². The fourth-order valence-electron chi connectivity index (χ4n) is 3.23. The van der Waals surface area contributed by atoms with Crippen LogP contribution in [0.3, 0.4) is 0 Å². The lowest BCUT2D eigenvalue weighted by Crippen LogP contribution is -2.12. The van der Waals surface area contributed by atoms with Crippen molar-refractivity contribution in [2.24, 2.45) is 0 Å². The van der Waals surface area contributed by atoms with E-state index in [1.54, 1.807) is 25.3 Å². The SMILES string of the molecule is COc1ccc(C(=O)Nc2ccc3nc([C@H]4CCCO4)[nH]c3c2)cc1OC. The van der Waals surface area contributed by atoms with Crippen LogP contribution in [0.25, 0.3) is 11.0 Å². The Labute approximate surface area is 156 Å². The van der Waals surface area contributed by atoms with Crippen molar-refractivity contribution in [1.82, 2.24) is 9.97 Å².